The maximum Gasteiger partial charge on any atom is 0.323 e. The molecule has 2 aliphatic rings. The van der Waals surface area contributed by atoms with Crippen molar-refractivity contribution in [3.8, 4) is 0 Å². The van der Waals surface area contributed by atoms with Crippen LogP contribution in [0.15, 0.2) is 48.5 Å². The van der Waals surface area contributed by atoms with Crippen molar-refractivity contribution in [2.24, 2.45) is 11.3 Å². The molecule has 3 amide bonds. The average molecular weight is 399 g/mol. The summed E-state index contributed by atoms with van der Waals surface area (Å²) >= 11 is 5.83. The van der Waals surface area contributed by atoms with Gasteiger partial charge in [-0.1, -0.05) is 11.6 Å². The van der Waals surface area contributed by atoms with Gasteiger partial charge in [-0.2, -0.15) is 0 Å². The van der Waals surface area contributed by atoms with Gasteiger partial charge in [-0.15, -0.1) is 0 Å². The first-order valence-electron chi connectivity index (χ1n) is 9.49. The van der Waals surface area contributed by atoms with Crippen molar-refractivity contribution < 1.29 is 9.59 Å². The number of amides is 3. The highest BCUT2D eigenvalue weighted by molar-refractivity contribution is 6.30. The lowest BCUT2D eigenvalue weighted by molar-refractivity contribution is -0.118. The molecule has 2 aromatic carbocycles. The van der Waals surface area contributed by atoms with Crippen LogP contribution < -0.4 is 21.3 Å². The van der Waals surface area contributed by atoms with Crippen molar-refractivity contribution in [1.29, 1.82) is 0 Å². The SMILES string of the molecule is O=C(Nc1ccc(Cl)cc1)Nc1ccc(NC(=O)C2CC23CCNCC3)cc1. The second kappa shape index (κ2) is 7.81. The van der Waals surface area contributed by atoms with E-state index in [1.54, 1.807) is 48.5 Å². The van der Waals surface area contributed by atoms with E-state index in [0.717, 1.165) is 38.0 Å². The zero-order valence-electron chi connectivity index (χ0n) is 15.4. The van der Waals surface area contributed by atoms with E-state index in [1.165, 1.54) is 0 Å². The molecule has 0 aromatic heterocycles. The molecule has 2 aromatic rings. The zero-order valence-corrected chi connectivity index (χ0v) is 16.2. The molecule has 6 nitrogen and oxygen atoms in total. The van der Waals surface area contributed by atoms with E-state index >= 15 is 0 Å². The first kappa shape index (κ1) is 18.8. The van der Waals surface area contributed by atoms with Gasteiger partial charge in [0.15, 0.2) is 0 Å². The van der Waals surface area contributed by atoms with Crippen LogP contribution in [0.25, 0.3) is 0 Å². The van der Waals surface area contributed by atoms with Crippen molar-refractivity contribution in [2.45, 2.75) is 19.3 Å². The maximum absolute atomic E-state index is 12.5. The predicted molar refractivity (Wildman–Crippen MR) is 112 cm³/mol. The standard InChI is InChI=1S/C21H23ClN4O2/c22-14-1-3-16(4-2-14)25-20(28)26-17-7-5-15(6-8-17)24-19(27)18-13-21(18)9-11-23-12-10-21/h1-8,18,23H,9-13H2,(H,24,27)(H2,25,26,28). The normalized spacial score (nSPS) is 19.7. The molecule has 0 radical (unpaired) electrons. The minimum absolute atomic E-state index is 0.100. The first-order valence-corrected chi connectivity index (χ1v) is 9.87. The van der Waals surface area contributed by atoms with E-state index < -0.39 is 0 Å². The molecule has 1 atom stereocenters. The Hall–Kier alpha value is -2.57. The molecule has 0 bridgehead atoms. The fourth-order valence-corrected chi connectivity index (χ4v) is 4.01. The molecule has 1 spiro atoms. The number of nitrogens with one attached hydrogen (secondary N) is 4. The molecular formula is C21H23ClN4O2. The third kappa shape index (κ3) is 4.29. The predicted octanol–water partition coefficient (Wildman–Crippen LogP) is 4.31. The van der Waals surface area contributed by atoms with E-state index in [9.17, 15) is 9.59 Å². The van der Waals surface area contributed by atoms with Crippen LogP contribution in [-0.2, 0) is 4.79 Å². The van der Waals surface area contributed by atoms with E-state index in [1.807, 2.05) is 0 Å². The number of hydrogen-bond donors (Lipinski definition) is 4. The summed E-state index contributed by atoms with van der Waals surface area (Å²) in [5.41, 5.74) is 2.26. The number of urea groups is 1. The van der Waals surface area contributed by atoms with Crippen LogP contribution in [0.3, 0.4) is 0 Å². The Morgan fingerprint density at radius 2 is 1.36 bits per heavy atom. The molecule has 2 fully saturated rings. The summed E-state index contributed by atoms with van der Waals surface area (Å²) in [7, 11) is 0. The number of hydrogen-bond acceptors (Lipinski definition) is 3. The van der Waals surface area contributed by atoms with Crippen LogP contribution in [0.1, 0.15) is 19.3 Å². The Bertz CT molecular complexity index is 861. The van der Waals surface area contributed by atoms with Gasteiger partial charge in [0.25, 0.3) is 0 Å². The molecule has 28 heavy (non-hydrogen) atoms. The van der Waals surface area contributed by atoms with Crippen LogP contribution in [0, 0.1) is 11.3 Å². The maximum atomic E-state index is 12.5. The Morgan fingerprint density at radius 3 is 1.93 bits per heavy atom. The lowest BCUT2D eigenvalue weighted by Gasteiger charge is -2.23. The van der Waals surface area contributed by atoms with Crippen molar-refractivity contribution in [3.63, 3.8) is 0 Å². The number of benzene rings is 2. The second-order valence-electron chi connectivity index (χ2n) is 7.52. The largest absolute Gasteiger partial charge is 0.326 e. The molecule has 1 unspecified atom stereocenters. The van der Waals surface area contributed by atoms with Crippen LogP contribution in [0.2, 0.25) is 5.02 Å². The average Bonchev–Trinajstić information content (AvgIpc) is 3.39. The van der Waals surface area contributed by atoms with Crippen molar-refractivity contribution in [1.82, 2.24) is 5.32 Å². The van der Waals surface area contributed by atoms with Gasteiger partial charge in [0, 0.05) is 28.0 Å². The van der Waals surface area contributed by atoms with Gasteiger partial charge in [-0.25, -0.2) is 4.79 Å². The van der Waals surface area contributed by atoms with Crippen LogP contribution >= 0.6 is 11.6 Å². The summed E-state index contributed by atoms with van der Waals surface area (Å²) in [6.45, 7) is 2.00. The van der Waals surface area contributed by atoms with Crippen LogP contribution in [0.4, 0.5) is 21.9 Å². The molecule has 1 saturated heterocycles. The number of carbonyl (C=O) groups is 2. The molecule has 4 N–H and O–H groups in total. The number of carbonyl (C=O) groups excluding carboxylic acids is 2. The minimum Gasteiger partial charge on any atom is -0.326 e. The van der Waals surface area contributed by atoms with Crippen molar-refractivity contribution in [2.75, 3.05) is 29.0 Å². The highest BCUT2D eigenvalue weighted by Crippen LogP contribution is 2.58. The zero-order chi connectivity index (χ0) is 19.6. The van der Waals surface area contributed by atoms with Crippen LogP contribution in [-0.4, -0.2) is 25.0 Å². The lowest BCUT2D eigenvalue weighted by atomic mass is 9.92. The van der Waals surface area contributed by atoms with E-state index in [2.05, 4.69) is 21.3 Å². The fourth-order valence-electron chi connectivity index (χ4n) is 3.89. The topological polar surface area (TPSA) is 82.3 Å². The van der Waals surface area contributed by atoms with E-state index in [-0.39, 0.29) is 23.3 Å². The Kier molecular flexibility index (Phi) is 5.24. The monoisotopic (exact) mass is 398 g/mol. The van der Waals surface area contributed by atoms with Gasteiger partial charge in [0.2, 0.25) is 5.91 Å². The molecule has 1 saturated carbocycles. The van der Waals surface area contributed by atoms with E-state index in [4.69, 9.17) is 11.6 Å². The number of rotatable bonds is 4. The fraction of sp³-hybridized carbons (Fsp3) is 0.333. The van der Waals surface area contributed by atoms with Gasteiger partial charge in [0.05, 0.1) is 0 Å². The van der Waals surface area contributed by atoms with Gasteiger partial charge in [-0.3, -0.25) is 4.79 Å². The Balaban J connectivity index is 1.28. The number of anilines is 3. The summed E-state index contributed by atoms with van der Waals surface area (Å²) < 4.78 is 0. The first-order chi connectivity index (χ1) is 13.5. The van der Waals surface area contributed by atoms with Gasteiger partial charge < -0.3 is 21.3 Å². The highest BCUT2D eigenvalue weighted by Gasteiger charge is 2.57. The summed E-state index contributed by atoms with van der Waals surface area (Å²) in [5.74, 6) is 0.223. The third-order valence-electron chi connectivity index (χ3n) is 5.62. The quantitative estimate of drug-likeness (QED) is 0.619. The minimum atomic E-state index is -0.343. The van der Waals surface area contributed by atoms with Crippen LogP contribution in [0.5, 0.6) is 0 Å². The lowest BCUT2D eigenvalue weighted by Crippen LogP contribution is -2.31. The Labute approximate surface area is 169 Å². The van der Waals surface area contributed by atoms with Crippen molar-refractivity contribution >= 4 is 40.6 Å². The van der Waals surface area contributed by atoms with Gasteiger partial charge >= 0.3 is 6.03 Å². The third-order valence-corrected chi connectivity index (χ3v) is 5.87. The number of piperidine rings is 1. The summed E-state index contributed by atoms with van der Waals surface area (Å²) in [5, 5.41) is 12.5. The number of halogens is 1. The molecular weight excluding hydrogens is 376 g/mol. The summed E-state index contributed by atoms with van der Waals surface area (Å²) in [4.78, 5) is 24.6. The smallest absolute Gasteiger partial charge is 0.323 e. The van der Waals surface area contributed by atoms with E-state index in [0.29, 0.717) is 16.4 Å². The molecule has 7 heteroatoms. The molecule has 146 valence electrons. The highest BCUT2D eigenvalue weighted by atomic mass is 35.5. The molecule has 1 aliphatic heterocycles. The molecule has 1 aliphatic carbocycles. The summed E-state index contributed by atoms with van der Waals surface area (Å²) in [6, 6.07) is 13.7. The molecule has 1 heterocycles. The van der Waals surface area contributed by atoms with Crippen molar-refractivity contribution in [3.05, 3.63) is 53.6 Å². The van der Waals surface area contributed by atoms with Gasteiger partial charge in [0.1, 0.15) is 0 Å². The molecule has 4 rings (SSSR count). The second-order valence-corrected chi connectivity index (χ2v) is 7.96. The Morgan fingerprint density at radius 1 is 0.857 bits per heavy atom. The van der Waals surface area contributed by atoms with Gasteiger partial charge in [-0.05, 0) is 86.3 Å². The summed E-state index contributed by atoms with van der Waals surface area (Å²) in [6.07, 6.45) is 3.15.